The fourth-order valence-electron chi connectivity index (χ4n) is 2.84. The van der Waals surface area contributed by atoms with Gasteiger partial charge >= 0.3 is 0 Å². The molecule has 0 N–H and O–H groups in total. The van der Waals surface area contributed by atoms with Gasteiger partial charge in [-0.2, -0.15) is 0 Å². The largest absolute Gasteiger partial charge is 0.497 e. The van der Waals surface area contributed by atoms with Crippen molar-refractivity contribution in [3.8, 4) is 5.75 Å². The molecule has 0 aliphatic carbocycles. The number of aromatic nitrogens is 1. The molecule has 23 heavy (non-hydrogen) atoms. The maximum Gasteiger partial charge on any atom is 0.235 e. The third-order valence-electron chi connectivity index (χ3n) is 4.03. The normalized spacial score (nSPS) is 15.8. The lowest BCUT2D eigenvalue weighted by Crippen LogP contribution is -2.43. The molecule has 1 aliphatic rings. The first-order valence-electron chi connectivity index (χ1n) is 7.52. The van der Waals surface area contributed by atoms with Crippen LogP contribution in [0.15, 0.2) is 42.5 Å². The third-order valence-corrected chi connectivity index (χ3v) is 4.03. The summed E-state index contributed by atoms with van der Waals surface area (Å²) in [6.07, 6.45) is 0.599. The number of methoxy groups -OCH3 is 1. The Morgan fingerprint density at radius 3 is 2.26 bits per heavy atom. The molecule has 2 amide bonds. The predicted octanol–water partition coefficient (Wildman–Crippen LogP) is 2.84. The lowest BCUT2D eigenvalue weighted by Gasteiger charge is -2.29. The first-order chi connectivity index (χ1) is 11.1. The van der Waals surface area contributed by atoms with Crippen LogP contribution in [0.2, 0.25) is 0 Å². The van der Waals surface area contributed by atoms with Gasteiger partial charge in [0.1, 0.15) is 11.6 Å². The summed E-state index contributed by atoms with van der Waals surface area (Å²) in [5.41, 5.74) is 1.75. The summed E-state index contributed by atoms with van der Waals surface area (Å²) in [4.78, 5) is 30.4. The van der Waals surface area contributed by atoms with E-state index in [9.17, 15) is 9.59 Å². The Hall–Kier alpha value is -2.69. The number of amides is 2. The number of anilines is 1. The highest BCUT2D eigenvalue weighted by Crippen LogP contribution is 2.32. The number of aryl methyl sites for hydroxylation is 1. The van der Waals surface area contributed by atoms with Crippen LogP contribution in [0.1, 0.15) is 30.0 Å². The lowest BCUT2D eigenvalue weighted by molar-refractivity contribution is -0.129. The van der Waals surface area contributed by atoms with Crippen LogP contribution in [-0.2, 0) is 9.59 Å². The molecular weight excluding hydrogens is 292 g/mol. The molecule has 0 saturated carbocycles. The minimum atomic E-state index is -0.208. The second-order valence-corrected chi connectivity index (χ2v) is 5.64. The van der Waals surface area contributed by atoms with E-state index < -0.39 is 0 Å². The number of imide groups is 1. The first-order valence-corrected chi connectivity index (χ1v) is 7.52. The van der Waals surface area contributed by atoms with Crippen LogP contribution in [0.3, 0.4) is 0 Å². The summed E-state index contributed by atoms with van der Waals surface area (Å²) < 4.78 is 5.13. The Bertz CT molecular complexity index is 722. The number of hydrogen-bond acceptors (Lipinski definition) is 4. The van der Waals surface area contributed by atoms with E-state index in [1.54, 1.807) is 19.2 Å². The Morgan fingerprint density at radius 2 is 1.70 bits per heavy atom. The van der Waals surface area contributed by atoms with Crippen molar-refractivity contribution in [2.45, 2.75) is 25.7 Å². The molecule has 1 fully saturated rings. The van der Waals surface area contributed by atoms with Crippen LogP contribution in [0, 0.1) is 6.92 Å². The highest BCUT2D eigenvalue weighted by molar-refractivity contribution is 6.16. The van der Waals surface area contributed by atoms with Crippen LogP contribution >= 0.6 is 0 Å². The van der Waals surface area contributed by atoms with E-state index in [1.807, 2.05) is 37.3 Å². The van der Waals surface area contributed by atoms with E-state index in [2.05, 4.69) is 4.98 Å². The molecule has 0 unspecified atom stereocenters. The van der Waals surface area contributed by atoms with E-state index in [1.165, 1.54) is 4.90 Å². The zero-order valence-corrected chi connectivity index (χ0v) is 13.2. The summed E-state index contributed by atoms with van der Waals surface area (Å²) in [7, 11) is 1.61. The van der Waals surface area contributed by atoms with Gasteiger partial charge in [-0.15, -0.1) is 0 Å². The average Bonchev–Trinajstić information content (AvgIpc) is 2.54. The number of piperidine rings is 1. The zero-order chi connectivity index (χ0) is 16.4. The summed E-state index contributed by atoms with van der Waals surface area (Å²) >= 11 is 0. The molecular formula is C18H18N2O3. The highest BCUT2D eigenvalue weighted by Gasteiger charge is 2.35. The number of benzene rings is 1. The van der Waals surface area contributed by atoms with Crippen molar-refractivity contribution in [2.24, 2.45) is 0 Å². The number of ether oxygens (including phenoxy) is 1. The van der Waals surface area contributed by atoms with Gasteiger partial charge in [0, 0.05) is 24.5 Å². The Balaban J connectivity index is 1.81. The Kier molecular flexibility index (Phi) is 4.10. The molecule has 0 atom stereocenters. The lowest BCUT2D eigenvalue weighted by atomic mass is 9.88. The number of carbonyl (C=O) groups is 2. The number of hydrogen-bond donors (Lipinski definition) is 0. The number of carbonyl (C=O) groups excluding carboxylic acids is 2. The molecule has 5 nitrogen and oxygen atoms in total. The van der Waals surface area contributed by atoms with E-state index >= 15 is 0 Å². The van der Waals surface area contributed by atoms with Gasteiger partial charge in [0.15, 0.2) is 0 Å². The molecule has 2 heterocycles. The van der Waals surface area contributed by atoms with Crippen molar-refractivity contribution in [2.75, 3.05) is 12.0 Å². The maximum absolute atomic E-state index is 12.5. The van der Waals surface area contributed by atoms with Crippen molar-refractivity contribution in [3.05, 3.63) is 53.7 Å². The number of rotatable bonds is 3. The van der Waals surface area contributed by atoms with Gasteiger partial charge in [-0.25, -0.2) is 9.88 Å². The molecule has 1 saturated heterocycles. The van der Waals surface area contributed by atoms with E-state index in [0.717, 1.165) is 17.0 Å². The van der Waals surface area contributed by atoms with Crippen molar-refractivity contribution in [1.29, 1.82) is 0 Å². The minimum absolute atomic E-state index is 0.0954. The Morgan fingerprint density at radius 1 is 1.04 bits per heavy atom. The van der Waals surface area contributed by atoms with Crippen molar-refractivity contribution in [3.63, 3.8) is 0 Å². The smallest absolute Gasteiger partial charge is 0.235 e. The summed E-state index contributed by atoms with van der Waals surface area (Å²) in [5, 5.41) is 0. The van der Waals surface area contributed by atoms with Gasteiger partial charge in [-0.05, 0) is 36.8 Å². The summed E-state index contributed by atoms with van der Waals surface area (Å²) in [5.74, 6) is 0.656. The van der Waals surface area contributed by atoms with E-state index in [4.69, 9.17) is 4.74 Å². The number of pyridine rings is 1. The van der Waals surface area contributed by atoms with Crippen molar-refractivity contribution in [1.82, 2.24) is 4.98 Å². The summed E-state index contributed by atoms with van der Waals surface area (Å²) in [6, 6.07) is 12.8. The van der Waals surface area contributed by atoms with Crippen molar-refractivity contribution < 1.29 is 14.3 Å². The zero-order valence-electron chi connectivity index (χ0n) is 13.2. The van der Waals surface area contributed by atoms with E-state index in [0.29, 0.717) is 18.7 Å². The second kappa shape index (κ2) is 6.20. The monoisotopic (exact) mass is 310 g/mol. The van der Waals surface area contributed by atoms with Crippen LogP contribution < -0.4 is 9.64 Å². The minimum Gasteiger partial charge on any atom is -0.497 e. The fraction of sp³-hybridized carbons (Fsp3) is 0.278. The van der Waals surface area contributed by atoms with E-state index in [-0.39, 0.29) is 17.7 Å². The second-order valence-electron chi connectivity index (χ2n) is 5.64. The van der Waals surface area contributed by atoms with Gasteiger partial charge in [-0.1, -0.05) is 18.2 Å². The van der Waals surface area contributed by atoms with Crippen LogP contribution in [0.25, 0.3) is 0 Å². The van der Waals surface area contributed by atoms with Crippen LogP contribution in [0.4, 0.5) is 5.82 Å². The van der Waals surface area contributed by atoms with Crippen molar-refractivity contribution >= 4 is 17.6 Å². The maximum atomic E-state index is 12.5. The third kappa shape index (κ3) is 3.08. The molecule has 5 heteroatoms. The molecule has 3 rings (SSSR count). The first kappa shape index (κ1) is 15.2. The predicted molar refractivity (Wildman–Crippen MR) is 86.4 cm³/mol. The molecule has 0 spiro atoms. The van der Waals surface area contributed by atoms with Gasteiger partial charge in [-0.3, -0.25) is 9.59 Å². The topological polar surface area (TPSA) is 59.5 Å². The van der Waals surface area contributed by atoms with Gasteiger partial charge < -0.3 is 4.74 Å². The highest BCUT2D eigenvalue weighted by atomic mass is 16.5. The molecule has 1 aromatic heterocycles. The average molecular weight is 310 g/mol. The number of nitrogens with zero attached hydrogens (tertiary/aromatic N) is 2. The molecule has 1 aliphatic heterocycles. The SMILES string of the molecule is COc1ccc(C2CC(=O)N(c3cccc(C)n3)C(=O)C2)cc1. The molecule has 0 radical (unpaired) electrons. The standard InChI is InChI=1S/C18H18N2O3/c1-12-4-3-5-16(19-12)20-17(21)10-14(11-18(20)22)13-6-8-15(23-2)9-7-13/h3-9,14H,10-11H2,1-2H3. The van der Waals surface area contributed by atoms with Gasteiger partial charge in [0.05, 0.1) is 7.11 Å². The molecule has 118 valence electrons. The molecule has 1 aromatic carbocycles. The Labute approximate surface area is 134 Å². The van der Waals surface area contributed by atoms with Crippen LogP contribution in [-0.4, -0.2) is 23.9 Å². The van der Waals surface area contributed by atoms with Gasteiger partial charge in [0.2, 0.25) is 11.8 Å². The quantitative estimate of drug-likeness (QED) is 0.818. The summed E-state index contributed by atoms with van der Waals surface area (Å²) in [6.45, 7) is 1.84. The fourth-order valence-corrected chi connectivity index (χ4v) is 2.84. The molecule has 0 bridgehead atoms. The molecule has 2 aromatic rings. The van der Waals surface area contributed by atoms with Gasteiger partial charge in [0.25, 0.3) is 0 Å². The van der Waals surface area contributed by atoms with Crippen LogP contribution in [0.5, 0.6) is 5.75 Å².